The van der Waals surface area contributed by atoms with Gasteiger partial charge in [-0.3, -0.25) is 9.69 Å². The van der Waals surface area contributed by atoms with Crippen LogP contribution in [-0.2, 0) is 5.66 Å². The van der Waals surface area contributed by atoms with E-state index in [2.05, 4.69) is 24.5 Å². The molecule has 1 amide bonds. The highest BCUT2D eigenvalue weighted by molar-refractivity contribution is 6.30. The van der Waals surface area contributed by atoms with Crippen molar-refractivity contribution < 1.29 is 4.79 Å². The summed E-state index contributed by atoms with van der Waals surface area (Å²) in [6, 6.07) is 15.9. The minimum Gasteiger partial charge on any atom is -0.308 e. The summed E-state index contributed by atoms with van der Waals surface area (Å²) in [6.45, 7) is 7.55. The molecule has 2 aromatic carbocycles. The summed E-state index contributed by atoms with van der Waals surface area (Å²) in [5, 5.41) is 0.695. The minimum absolute atomic E-state index is 0.0969. The van der Waals surface area contributed by atoms with Crippen LogP contribution in [0.2, 0.25) is 5.02 Å². The molecule has 0 radical (unpaired) electrons. The van der Waals surface area contributed by atoms with Gasteiger partial charge in [0.05, 0.1) is 0 Å². The van der Waals surface area contributed by atoms with E-state index in [0.29, 0.717) is 11.6 Å². The van der Waals surface area contributed by atoms with Gasteiger partial charge in [0.2, 0.25) is 0 Å². The predicted molar refractivity (Wildman–Crippen MR) is 96.1 cm³/mol. The molecular weight excluding hydrogens is 320 g/mol. The monoisotopic (exact) mass is 338 g/mol. The van der Waals surface area contributed by atoms with E-state index >= 15 is 0 Å². The first-order valence-electron chi connectivity index (χ1n) is 8.16. The van der Waals surface area contributed by atoms with Crippen molar-refractivity contribution in [2.45, 2.75) is 18.6 Å². The second-order valence-electron chi connectivity index (χ2n) is 6.44. The lowest BCUT2D eigenvalue weighted by Crippen LogP contribution is -2.50. The number of rotatable bonds is 3. The molecule has 2 heterocycles. The van der Waals surface area contributed by atoms with E-state index in [1.54, 1.807) is 0 Å². The maximum atomic E-state index is 13.1. The number of carbonyl (C=O) groups excluding carboxylic acids is 1. The standard InChI is InChI=1S/C20H19ClN2O/c1-3-12-22-13-14(2)23-19(24)17-6-4-5-7-18(17)20(22,23)15-8-10-16(21)11-9-15/h3-11,14H,1,12-13H2,2H3/t14-,20-/m0/s1. The van der Waals surface area contributed by atoms with Gasteiger partial charge >= 0.3 is 0 Å². The molecule has 0 saturated carbocycles. The minimum atomic E-state index is -0.578. The Morgan fingerprint density at radius 3 is 2.67 bits per heavy atom. The molecular formula is C20H19ClN2O. The van der Waals surface area contributed by atoms with Gasteiger partial charge in [-0.1, -0.05) is 48.0 Å². The van der Waals surface area contributed by atoms with Crippen LogP contribution < -0.4 is 0 Å². The molecule has 4 heteroatoms. The van der Waals surface area contributed by atoms with E-state index in [0.717, 1.165) is 23.2 Å². The third-order valence-electron chi connectivity index (χ3n) is 5.08. The Morgan fingerprint density at radius 2 is 1.96 bits per heavy atom. The molecule has 3 nitrogen and oxygen atoms in total. The highest BCUT2D eigenvalue weighted by Crippen LogP contribution is 2.51. The highest BCUT2D eigenvalue weighted by atomic mass is 35.5. The number of hydrogen-bond donors (Lipinski definition) is 0. The van der Waals surface area contributed by atoms with Crippen molar-refractivity contribution in [3.63, 3.8) is 0 Å². The number of fused-ring (bicyclic) bond motifs is 3. The van der Waals surface area contributed by atoms with Crippen molar-refractivity contribution in [2.75, 3.05) is 13.1 Å². The average Bonchev–Trinajstić information content (AvgIpc) is 3.02. The van der Waals surface area contributed by atoms with E-state index in [1.165, 1.54) is 0 Å². The van der Waals surface area contributed by atoms with E-state index < -0.39 is 5.66 Å². The Balaban J connectivity index is 2.03. The first-order valence-corrected chi connectivity index (χ1v) is 8.53. The van der Waals surface area contributed by atoms with Crippen LogP contribution in [0.25, 0.3) is 0 Å². The molecule has 1 fully saturated rings. The third kappa shape index (κ3) is 1.86. The van der Waals surface area contributed by atoms with E-state index in [4.69, 9.17) is 11.6 Å². The Hall–Kier alpha value is -2.10. The zero-order valence-electron chi connectivity index (χ0n) is 13.6. The second-order valence-corrected chi connectivity index (χ2v) is 6.88. The molecule has 2 aliphatic heterocycles. The van der Waals surface area contributed by atoms with E-state index in [1.807, 2.05) is 53.4 Å². The quantitative estimate of drug-likeness (QED) is 0.793. The third-order valence-corrected chi connectivity index (χ3v) is 5.33. The fraction of sp³-hybridized carbons (Fsp3) is 0.250. The maximum Gasteiger partial charge on any atom is 0.256 e. The maximum absolute atomic E-state index is 13.1. The van der Waals surface area contributed by atoms with Crippen LogP contribution in [0.4, 0.5) is 0 Å². The SMILES string of the molecule is C=CCN1C[C@H](C)N2C(=O)c3ccccc3[C@@]12c1ccc(Cl)cc1. The molecule has 0 bridgehead atoms. The molecule has 0 aromatic heterocycles. The fourth-order valence-corrected chi connectivity index (χ4v) is 4.40. The molecule has 1 saturated heterocycles. The molecule has 4 rings (SSSR count). The number of hydrogen-bond acceptors (Lipinski definition) is 2. The van der Waals surface area contributed by atoms with Gasteiger partial charge in [-0.15, -0.1) is 6.58 Å². The summed E-state index contributed by atoms with van der Waals surface area (Å²) < 4.78 is 0. The lowest BCUT2D eigenvalue weighted by Gasteiger charge is -2.40. The molecule has 0 spiro atoms. The largest absolute Gasteiger partial charge is 0.308 e. The van der Waals surface area contributed by atoms with Crippen LogP contribution >= 0.6 is 11.6 Å². The molecule has 2 aliphatic rings. The van der Waals surface area contributed by atoms with Crippen LogP contribution in [0.1, 0.15) is 28.4 Å². The summed E-state index contributed by atoms with van der Waals surface area (Å²) in [5.74, 6) is 0.0969. The van der Waals surface area contributed by atoms with Crippen LogP contribution in [0, 0.1) is 0 Å². The average molecular weight is 339 g/mol. The summed E-state index contributed by atoms with van der Waals surface area (Å²) in [4.78, 5) is 17.5. The van der Waals surface area contributed by atoms with Crippen molar-refractivity contribution >= 4 is 17.5 Å². The molecule has 2 atom stereocenters. The van der Waals surface area contributed by atoms with Gasteiger partial charge in [-0.25, -0.2) is 0 Å². The van der Waals surface area contributed by atoms with E-state index in [9.17, 15) is 4.79 Å². The van der Waals surface area contributed by atoms with Crippen molar-refractivity contribution in [2.24, 2.45) is 0 Å². The molecule has 0 unspecified atom stereocenters. The normalized spacial score (nSPS) is 25.7. The van der Waals surface area contributed by atoms with Gasteiger partial charge in [-0.05, 0) is 30.7 Å². The lowest BCUT2D eigenvalue weighted by atomic mass is 9.90. The number of halogens is 1. The number of nitrogens with zero attached hydrogens (tertiary/aromatic N) is 2. The van der Waals surface area contributed by atoms with Crippen LogP contribution in [-0.4, -0.2) is 34.8 Å². The number of amides is 1. The Labute approximate surface area is 147 Å². The lowest BCUT2D eigenvalue weighted by molar-refractivity contribution is 0.0429. The Bertz CT molecular complexity index is 817. The van der Waals surface area contributed by atoms with Gasteiger partial charge in [0.15, 0.2) is 0 Å². The fourth-order valence-electron chi connectivity index (χ4n) is 4.28. The molecule has 0 aliphatic carbocycles. The van der Waals surface area contributed by atoms with Gasteiger partial charge < -0.3 is 4.90 Å². The molecule has 2 aromatic rings. The zero-order valence-corrected chi connectivity index (χ0v) is 14.3. The van der Waals surface area contributed by atoms with Crippen LogP contribution in [0.3, 0.4) is 0 Å². The molecule has 0 N–H and O–H groups in total. The van der Waals surface area contributed by atoms with Crippen LogP contribution in [0.15, 0.2) is 61.2 Å². The van der Waals surface area contributed by atoms with Crippen LogP contribution in [0.5, 0.6) is 0 Å². The Morgan fingerprint density at radius 1 is 1.25 bits per heavy atom. The summed E-state index contributed by atoms with van der Waals surface area (Å²) in [7, 11) is 0. The molecule has 24 heavy (non-hydrogen) atoms. The summed E-state index contributed by atoms with van der Waals surface area (Å²) in [6.07, 6.45) is 1.90. The van der Waals surface area contributed by atoms with Gasteiger partial charge in [0, 0.05) is 35.3 Å². The Kier molecular flexibility index (Phi) is 3.52. The molecule has 122 valence electrons. The van der Waals surface area contributed by atoms with Crippen molar-refractivity contribution in [3.8, 4) is 0 Å². The van der Waals surface area contributed by atoms with E-state index in [-0.39, 0.29) is 11.9 Å². The van der Waals surface area contributed by atoms with Gasteiger partial charge in [0.25, 0.3) is 5.91 Å². The first kappa shape index (κ1) is 15.4. The summed E-state index contributed by atoms with van der Waals surface area (Å²) >= 11 is 6.10. The van der Waals surface area contributed by atoms with Crippen molar-refractivity contribution in [1.29, 1.82) is 0 Å². The van der Waals surface area contributed by atoms with Crippen molar-refractivity contribution in [3.05, 3.63) is 82.9 Å². The first-order chi connectivity index (χ1) is 11.6. The predicted octanol–water partition coefficient (Wildman–Crippen LogP) is 3.89. The summed E-state index contributed by atoms with van der Waals surface area (Å²) in [5.41, 5.74) is 2.32. The van der Waals surface area contributed by atoms with Crippen molar-refractivity contribution in [1.82, 2.24) is 9.80 Å². The number of benzene rings is 2. The zero-order chi connectivity index (χ0) is 16.9. The van der Waals surface area contributed by atoms with Gasteiger partial charge in [-0.2, -0.15) is 0 Å². The smallest absolute Gasteiger partial charge is 0.256 e. The highest BCUT2D eigenvalue weighted by Gasteiger charge is 2.59. The second kappa shape index (κ2) is 5.47. The van der Waals surface area contributed by atoms with Gasteiger partial charge in [0.1, 0.15) is 5.66 Å². The number of carbonyl (C=O) groups is 1. The topological polar surface area (TPSA) is 23.6 Å².